The Kier molecular flexibility index (Phi) is 10.8. The molecule has 0 spiro atoms. The zero-order valence-electron chi connectivity index (χ0n) is 22.2. The minimum atomic E-state index is -0.213. The Labute approximate surface area is 212 Å². The first kappa shape index (κ1) is 27.4. The number of ether oxygens (including phenoxy) is 1. The minimum absolute atomic E-state index is 0.0727. The summed E-state index contributed by atoms with van der Waals surface area (Å²) in [5, 5.41) is 0. The van der Waals surface area contributed by atoms with Crippen molar-refractivity contribution in [3.05, 3.63) is 64.5 Å². The number of carbonyl (C=O) groups excluding carboxylic acids is 1. The van der Waals surface area contributed by atoms with Crippen LogP contribution in [-0.4, -0.2) is 31.6 Å². The van der Waals surface area contributed by atoms with Crippen molar-refractivity contribution < 1.29 is 13.9 Å². The van der Waals surface area contributed by atoms with E-state index in [0.717, 1.165) is 87.8 Å². The fourth-order valence-electron chi connectivity index (χ4n) is 5.33. The van der Waals surface area contributed by atoms with Gasteiger partial charge in [0.2, 0.25) is 0 Å². The van der Waals surface area contributed by atoms with E-state index in [9.17, 15) is 9.18 Å². The molecule has 0 saturated carbocycles. The summed E-state index contributed by atoms with van der Waals surface area (Å²) < 4.78 is 20.6. The Bertz CT molecular complexity index is 951. The van der Waals surface area contributed by atoms with Gasteiger partial charge in [-0.05, 0) is 73.3 Å². The lowest BCUT2D eigenvalue weighted by Gasteiger charge is -2.20. The zero-order valence-corrected chi connectivity index (χ0v) is 22.2. The number of rotatable bonds is 10. The van der Waals surface area contributed by atoms with Crippen molar-refractivity contribution in [1.29, 1.82) is 0 Å². The molecule has 2 fully saturated rings. The van der Waals surface area contributed by atoms with Gasteiger partial charge in [0.1, 0.15) is 5.82 Å². The summed E-state index contributed by atoms with van der Waals surface area (Å²) in [4.78, 5) is 15.3. The third-order valence-corrected chi connectivity index (χ3v) is 7.35. The van der Waals surface area contributed by atoms with E-state index in [4.69, 9.17) is 4.74 Å². The van der Waals surface area contributed by atoms with Crippen molar-refractivity contribution in [3.63, 3.8) is 0 Å². The Hall–Kier alpha value is -2.20. The first-order chi connectivity index (χ1) is 17.1. The van der Waals surface area contributed by atoms with Crippen LogP contribution in [0, 0.1) is 11.7 Å². The molecule has 4 rings (SSSR count). The highest BCUT2D eigenvalue weighted by molar-refractivity contribution is 5.99. The van der Waals surface area contributed by atoms with E-state index < -0.39 is 0 Å². The first-order valence-electron chi connectivity index (χ1n) is 13.9. The molecule has 0 radical (unpaired) electrons. The highest BCUT2D eigenvalue weighted by atomic mass is 19.1. The predicted octanol–water partition coefficient (Wildman–Crippen LogP) is 7.58. The molecule has 3 nitrogen and oxygen atoms in total. The summed E-state index contributed by atoms with van der Waals surface area (Å²) in [6.45, 7) is 11.1. The molecule has 2 aromatic carbocycles. The van der Waals surface area contributed by atoms with Gasteiger partial charge in [0.15, 0.2) is 5.78 Å². The van der Waals surface area contributed by atoms with E-state index in [2.05, 4.69) is 30.9 Å². The van der Waals surface area contributed by atoms with Crippen molar-refractivity contribution in [2.75, 3.05) is 24.6 Å². The van der Waals surface area contributed by atoms with Crippen molar-refractivity contribution in [2.45, 2.75) is 91.6 Å². The van der Waals surface area contributed by atoms with E-state index >= 15 is 0 Å². The molecule has 0 amide bonds. The summed E-state index contributed by atoms with van der Waals surface area (Å²) >= 11 is 0. The number of Topliss-reactive ketones (excluding diaryl/α,β-unsaturated/α-hetero) is 1. The van der Waals surface area contributed by atoms with Crippen LogP contribution in [-0.2, 0) is 24.0 Å². The largest absolute Gasteiger partial charge is 0.378 e. The molecule has 2 saturated heterocycles. The summed E-state index contributed by atoms with van der Waals surface area (Å²) in [6.07, 6.45) is 9.11. The maximum absolute atomic E-state index is 14.9. The number of hydrogen-bond acceptors (Lipinski definition) is 3. The lowest BCUT2D eigenvalue weighted by atomic mass is 9.93. The Morgan fingerprint density at radius 3 is 2.51 bits per heavy atom. The maximum atomic E-state index is 14.9. The van der Waals surface area contributed by atoms with Crippen LogP contribution in [0.5, 0.6) is 0 Å². The number of anilines is 1. The minimum Gasteiger partial charge on any atom is -0.378 e. The third kappa shape index (κ3) is 7.39. The lowest BCUT2D eigenvalue weighted by molar-refractivity contribution is 0.0991. The van der Waals surface area contributed by atoms with E-state index in [1.807, 2.05) is 32.0 Å². The van der Waals surface area contributed by atoms with Crippen LogP contribution < -0.4 is 4.90 Å². The number of aryl methyl sites for hydroxylation is 2. The van der Waals surface area contributed by atoms with Gasteiger partial charge in [-0.2, -0.15) is 0 Å². The van der Waals surface area contributed by atoms with E-state index in [0.29, 0.717) is 17.7 Å². The molecule has 4 heteroatoms. The average Bonchev–Trinajstić information content (AvgIpc) is 3.57. The van der Waals surface area contributed by atoms with E-state index in [-0.39, 0.29) is 18.0 Å². The number of carbonyl (C=O) groups is 1. The average molecular weight is 482 g/mol. The summed E-state index contributed by atoms with van der Waals surface area (Å²) in [6, 6.07) is 11.6. The van der Waals surface area contributed by atoms with Gasteiger partial charge in [0.25, 0.3) is 0 Å². The second-order valence-electron chi connectivity index (χ2n) is 9.81. The van der Waals surface area contributed by atoms with Gasteiger partial charge in [-0.15, -0.1) is 0 Å². The highest BCUT2D eigenvalue weighted by Crippen LogP contribution is 2.29. The smallest absolute Gasteiger partial charge is 0.167 e. The number of halogens is 1. The molecular formula is C31H44FNO2. The standard InChI is InChI=1S/C29H38FNO2.C2H6/c1-3-6-24-17-22(8-11-25-7-5-16-33-25)9-12-26(24)29(32)19-23-10-13-28(27(30)18-23)31-15-14-21(4-2)20-31;1-2/h9-10,12-13,17-18,21,25H,3-8,11,14-16,19-20H2,1-2H3;1-2H3/t21-,25?;/m1./s1. The van der Waals surface area contributed by atoms with Gasteiger partial charge in [-0.3, -0.25) is 4.79 Å². The fraction of sp³-hybridized carbons (Fsp3) is 0.581. The van der Waals surface area contributed by atoms with Crippen LogP contribution in [0.3, 0.4) is 0 Å². The second kappa shape index (κ2) is 13.8. The Balaban J connectivity index is 0.00000167. The topological polar surface area (TPSA) is 29.5 Å². The van der Waals surface area contributed by atoms with Crippen molar-refractivity contribution in [3.8, 4) is 0 Å². The third-order valence-electron chi connectivity index (χ3n) is 7.35. The van der Waals surface area contributed by atoms with Gasteiger partial charge in [0, 0.05) is 31.7 Å². The zero-order chi connectivity index (χ0) is 25.2. The van der Waals surface area contributed by atoms with Gasteiger partial charge >= 0.3 is 0 Å². The Morgan fingerprint density at radius 2 is 1.86 bits per heavy atom. The molecule has 35 heavy (non-hydrogen) atoms. The molecule has 0 aromatic heterocycles. The summed E-state index contributed by atoms with van der Waals surface area (Å²) in [5.74, 6) is 0.509. The molecular weight excluding hydrogens is 437 g/mol. The molecule has 0 bridgehead atoms. The predicted molar refractivity (Wildman–Crippen MR) is 144 cm³/mol. The molecule has 192 valence electrons. The van der Waals surface area contributed by atoms with Crippen LogP contribution in [0.4, 0.5) is 10.1 Å². The van der Waals surface area contributed by atoms with Crippen LogP contribution >= 0.6 is 0 Å². The normalized spacial score (nSPS) is 19.5. The molecule has 2 atom stereocenters. The summed E-state index contributed by atoms with van der Waals surface area (Å²) in [7, 11) is 0. The van der Waals surface area contributed by atoms with E-state index in [1.165, 1.54) is 5.56 Å². The van der Waals surface area contributed by atoms with Crippen LogP contribution in [0.15, 0.2) is 36.4 Å². The van der Waals surface area contributed by atoms with Crippen LogP contribution in [0.25, 0.3) is 0 Å². The monoisotopic (exact) mass is 481 g/mol. The van der Waals surface area contributed by atoms with Gasteiger partial charge < -0.3 is 9.64 Å². The summed E-state index contributed by atoms with van der Waals surface area (Å²) in [5.41, 5.74) is 4.60. The van der Waals surface area contributed by atoms with Crippen LogP contribution in [0.2, 0.25) is 0 Å². The number of hydrogen-bond donors (Lipinski definition) is 0. The van der Waals surface area contributed by atoms with Crippen LogP contribution in [0.1, 0.15) is 93.3 Å². The van der Waals surface area contributed by atoms with Gasteiger partial charge in [-0.25, -0.2) is 4.39 Å². The molecule has 2 aliphatic rings. The lowest BCUT2D eigenvalue weighted by Crippen LogP contribution is -2.20. The SMILES string of the molecule is CC.CCCc1cc(CCC2CCCO2)ccc1C(=O)Cc1ccc(N2CC[C@@H](CC)C2)c(F)c1. The first-order valence-corrected chi connectivity index (χ1v) is 13.9. The van der Waals surface area contributed by atoms with E-state index in [1.54, 1.807) is 6.07 Å². The van der Waals surface area contributed by atoms with Gasteiger partial charge in [-0.1, -0.05) is 64.8 Å². The molecule has 2 aliphatic heterocycles. The number of benzene rings is 2. The maximum Gasteiger partial charge on any atom is 0.167 e. The number of ketones is 1. The van der Waals surface area contributed by atoms with Crippen molar-refractivity contribution >= 4 is 11.5 Å². The second-order valence-corrected chi connectivity index (χ2v) is 9.81. The molecule has 2 aromatic rings. The molecule has 1 unspecified atom stereocenters. The quantitative estimate of drug-likeness (QED) is 0.328. The molecule has 0 aliphatic carbocycles. The van der Waals surface area contributed by atoms with Crippen molar-refractivity contribution in [2.24, 2.45) is 5.92 Å². The van der Waals surface area contributed by atoms with Gasteiger partial charge in [0.05, 0.1) is 11.8 Å². The fourth-order valence-corrected chi connectivity index (χ4v) is 5.33. The molecule has 2 heterocycles. The molecule has 0 N–H and O–H groups in total. The Morgan fingerprint density at radius 1 is 1.06 bits per heavy atom. The van der Waals surface area contributed by atoms with Crippen molar-refractivity contribution in [1.82, 2.24) is 0 Å². The highest BCUT2D eigenvalue weighted by Gasteiger charge is 2.23. The number of nitrogens with zero attached hydrogens (tertiary/aromatic N) is 1.